The van der Waals surface area contributed by atoms with Crippen LogP contribution in [0, 0.1) is 5.82 Å². The Morgan fingerprint density at radius 3 is 2.95 bits per heavy atom. The maximum Gasteiger partial charge on any atom is 0.259 e. The minimum atomic E-state index is -0.680. The Labute approximate surface area is 127 Å². The molecule has 1 aliphatic rings. The third-order valence-electron chi connectivity index (χ3n) is 3.33. The molecule has 21 heavy (non-hydrogen) atoms. The van der Waals surface area contributed by atoms with E-state index in [1.54, 1.807) is 6.92 Å². The van der Waals surface area contributed by atoms with E-state index < -0.39 is 17.8 Å². The largest absolute Gasteiger partial charge is 0.355 e. The summed E-state index contributed by atoms with van der Waals surface area (Å²) in [4.78, 5) is 26.0. The Bertz CT molecular complexity index is 533. The number of hydrogen-bond acceptors (Lipinski definition) is 3. The zero-order valence-corrected chi connectivity index (χ0v) is 12.4. The van der Waals surface area contributed by atoms with E-state index in [4.69, 9.17) is 11.6 Å². The molecule has 2 N–H and O–H groups in total. The Morgan fingerprint density at radius 2 is 2.29 bits per heavy atom. The number of carbonyl (C=O) groups excluding carboxylic acids is 2. The number of amides is 2. The van der Waals surface area contributed by atoms with Crippen LogP contribution in [0.3, 0.4) is 0 Å². The Morgan fingerprint density at radius 1 is 1.52 bits per heavy atom. The molecule has 1 aromatic rings. The summed E-state index contributed by atoms with van der Waals surface area (Å²) in [6, 6.07) is 3.42. The highest BCUT2D eigenvalue weighted by Gasteiger charge is 2.34. The van der Waals surface area contributed by atoms with Gasteiger partial charge in [0.1, 0.15) is 11.9 Å². The standard InChI is InChI=1S/C14H17ClFN3O2/c1-2-18-13(20)11-8-17-6-7-19(11)14(21)12-9(15)4-3-5-10(12)16/h3-5,11,17H,2,6-8H2,1H3,(H,18,20). The first-order valence-corrected chi connectivity index (χ1v) is 7.17. The summed E-state index contributed by atoms with van der Waals surface area (Å²) >= 11 is 5.93. The van der Waals surface area contributed by atoms with E-state index in [0.717, 1.165) is 0 Å². The molecule has 0 bridgehead atoms. The molecule has 0 spiro atoms. The second-order valence-corrected chi connectivity index (χ2v) is 5.12. The lowest BCUT2D eigenvalue weighted by Crippen LogP contribution is -2.59. The first-order valence-electron chi connectivity index (χ1n) is 6.79. The number of likely N-dealkylation sites (N-methyl/N-ethyl adjacent to an activating group) is 1. The first-order chi connectivity index (χ1) is 10.1. The molecule has 0 aromatic heterocycles. The highest BCUT2D eigenvalue weighted by Crippen LogP contribution is 2.22. The van der Waals surface area contributed by atoms with Crippen molar-refractivity contribution in [1.29, 1.82) is 0 Å². The number of nitrogens with zero attached hydrogens (tertiary/aromatic N) is 1. The smallest absolute Gasteiger partial charge is 0.259 e. The molecule has 1 aromatic carbocycles. The van der Waals surface area contributed by atoms with Gasteiger partial charge in [-0.05, 0) is 19.1 Å². The van der Waals surface area contributed by atoms with Gasteiger partial charge in [0.15, 0.2) is 0 Å². The summed E-state index contributed by atoms with van der Waals surface area (Å²) in [5, 5.41) is 5.79. The van der Waals surface area contributed by atoms with Crippen molar-refractivity contribution >= 4 is 23.4 Å². The van der Waals surface area contributed by atoms with Gasteiger partial charge in [-0.2, -0.15) is 0 Å². The lowest BCUT2D eigenvalue weighted by Gasteiger charge is -2.35. The maximum atomic E-state index is 13.9. The van der Waals surface area contributed by atoms with Crippen LogP contribution < -0.4 is 10.6 Å². The Kier molecular flexibility index (Phi) is 5.14. The molecular weight excluding hydrogens is 297 g/mol. The van der Waals surface area contributed by atoms with Crippen molar-refractivity contribution in [2.75, 3.05) is 26.2 Å². The second kappa shape index (κ2) is 6.87. The van der Waals surface area contributed by atoms with Crippen molar-refractivity contribution in [2.24, 2.45) is 0 Å². The molecule has 1 heterocycles. The van der Waals surface area contributed by atoms with Crippen LogP contribution in [-0.4, -0.2) is 48.9 Å². The van der Waals surface area contributed by atoms with E-state index in [1.807, 2.05) is 0 Å². The fraction of sp³-hybridized carbons (Fsp3) is 0.429. The minimum absolute atomic E-state index is 0.0492. The molecule has 1 atom stereocenters. The van der Waals surface area contributed by atoms with Crippen molar-refractivity contribution in [3.05, 3.63) is 34.6 Å². The molecule has 0 radical (unpaired) electrons. The average molecular weight is 314 g/mol. The van der Waals surface area contributed by atoms with Crippen molar-refractivity contribution in [3.8, 4) is 0 Å². The summed E-state index contributed by atoms with van der Waals surface area (Å²) < 4.78 is 13.9. The van der Waals surface area contributed by atoms with Crippen LogP contribution in [0.1, 0.15) is 17.3 Å². The summed E-state index contributed by atoms with van der Waals surface area (Å²) in [7, 11) is 0. The van der Waals surface area contributed by atoms with Crippen LogP contribution in [0.15, 0.2) is 18.2 Å². The first kappa shape index (κ1) is 15.7. The van der Waals surface area contributed by atoms with Gasteiger partial charge in [0.25, 0.3) is 5.91 Å². The Balaban J connectivity index is 2.29. The topological polar surface area (TPSA) is 61.4 Å². The predicted octanol–water partition coefficient (Wildman–Crippen LogP) is 1.03. The van der Waals surface area contributed by atoms with Gasteiger partial charge in [0.05, 0.1) is 10.6 Å². The molecule has 114 valence electrons. The highest BCUT2D eigenvalue weighted by molar-refractivity contribution is 6.33. The van der Waals surface area contributed by atoms with E-state index in [0.29, 0.717) is 26.2 Å². The van der Waals surface area contributed by atoms with E-state index in [1.165, 1.54) is 23.1 Å². The number of halogens is 2. The summed E-state index contributed by atoms with van der Waals surface area (Å²) in [5.74, 6) is -1.50. The van der Waals surface area contributed by atoms with E-state index in [2.05, 4.69) is 10.6 Å². The molecule has 1 fully saturated rings. The van der Waals surface area contributed by atoms with Crippen LogP contribution in [0.5, 0.6) is 0 Å². The molecule has 7 heteroatoms. The van der Waals surface area contributed by atoms with Gasteiger partial charge in [-0.1, -0.05) is 17.7 Å². The van der Waals surface area contributed by atoms with Crippen LogP contribution >= 0.6 is 11.6 Å². The van der Waals surface area contributed by atoms with Gasteiger partial charge in [-0.15, -0.1) is 0 Å². The van der Waals surface area contributed by atoms with E-state index in [9.17, 15) is 14.0 Å². The number of piperazine rings is 1. The van der Waals surface area contributed by atoms with Gasteiger partial charge in [0.2, 0.25) is 5.91 Å². The SMILES string of the molecule is CCNC(=O)C1CNCCN1C(=O)c1c(F)cccc1Cl. The van der Waals surface area contributed by atoms with Gasteiger partial charge < -0.3 is 15.5 Å². The van der Waals surface area contributed by atoms with Gasteiger partial charge in [0, 0.05) is 26.2 Å². The number of hydrogen-bond donors (Lipinski definition) is 2. The molecular formula is C14H17ClFN3O2. The summed E-state index contributed by atoms with van der Waals surface area (Å²) in [6.07, 6.45) is 0. The normalized spacial score (nSPS) is 18.4. The molecule has 1 saturated heterocycles. The van der Waals surface area contributed by atoms with Crippen molar-refractivity contribution in [1.82, 2.24) is 15.5 Å². The zero-order chi connectivity index (χ0) is 15.4. The van der Waals surface area contributed by atoms with Crippen LogP contribution in [-0.2, 0) is 4.79 Å². The molecule has 2 rings (SSSR count). The van der Waals surface area contributed by atoms with E-state index in [-0.39, 0.29) is 16.5 Å². The highest BCUT2D eigenvalue weighted by atomic mass is 35.5. The number of nitrogens with one attached hydrogen (secondary N) is 2. The van der Waals surface area contributed by atoms with Crippen LogP contribution in [0.4, 0.5) is 4.39 Å². The summed E-state index contributed by atoms with van der Waals surface area (Å²) in [6.45, 7) is 3.48. The van der Waals surface area contributed by atoms with Crippen molar-refractivity contribution in [2.45, 2.75) is 13.0 Å². The fourth-order valence-corrected chi connectivity index (χ4v) is 2.56. The molecule has 1 aliphatic heterocycles. The monoisotopic (exact) mass is 313 g/mol. The van der Waals surface area contributed by atoms with Gasteiger partial charge >= 0.3 is 0 Å². The fourth-order valence-electron chi connectivity index (χ4n) is 2.32. The summed E-state index contributed by atoms with van der Waals surface area (Å²) in [5.41, 5.74) is -0.185. The van der Waals surface area contributed by atoms with Crippen molar-refractivity contribution < 1.29 is 14.0 Å². The van der Waals surface area contributed by atoms with Crippen molar-refractivity contribution in [3.63, 3.8) is 0 Å². The third kappa shape index (κ3) is 3.33. The van der Waals surface area contributed by atoms with Gasteiger partial charge in [-0.25, -0.2) is 4.39 Å². The molecule has 5 nitrogen and oxygen atoms in total. The quantitative estimate of drug-likeness (QED) is 0.876. The lowest BCUT2D eigenvalue weighted by atomic mass is 10.1. The number of carbonyl (C=O) groups is 2. The average Bonchev–Trinajstić information content (AvgIpc) is 2.47. The van der Waals surface area contributed by atoms with Crippen LogP contribution in [0.2, 0.25) is 5.02 Å². The zero-order valence-electron chi connectivity index (χ0n) is 11.7. The number of rotatable bonds is 3. The molecule has 0 aliphatic carbocycles. The minimum Gasteiger partial charge on any atom is -0.355 e. The molecule has 0 saturated carbocycles. The van der Waals surface area contributed by atoms with Crippen LogP contribution in [0.25, 0.3) is 0 Å². The van der Waals surface area contributed by atoms with E-state index >= 15 is 0 Å². The predicted molar refractivity (Wildman–Crippen MR) is 77.8 cm³/mol. The lowest BCUT2D eigenvalue weighted by molar-refractivity contribution is -0.126. The molecule has 2 amide bonds. The maximum absolute atomic E-state index is 13.9. The molecule has 1 unspecified atom stereocenters. The number of benzene rings is 1. The van der Waals surface area contributed by atoms with Gasteiger partial charge in [-0.3, -0.25) is 9.59 Å². The third-order valence-corrected chi connectivity index (χ3v) is 3.65. The second-order valence-electron chi connectivity index (χ2n) is 4.71. The Hall–Kier alpha value is -1.66.